The molecule has 0 heterocycles. The fraction of sp³-hybridized carbons (Fsp3) is 0.296. The highest BCUT2D eigenvalue weighted by Crippen LogP contribution is 2.23. The van der Waals surface area contributed by atoms with Gasteiger partial charge in [-0.1, -0.05) is 75.4 Å². The summed E-state index contributed by atoms with van der Waals surface area (Å²) in [6.07, 6.45) is 8.81. The van der Waals surface area contributed by atoms with Crippen molar-refractivity contribution in [1.29, 1.82) is 0 Å². The number of esters is 1. The highest BCUT2D eigenvalue weighted by Gasteiger charge is 2.09. The van der Waals surface area contributed by atoms with Gasteiger partial charge < -0.3 is 9.84 Å². The number of phenolic OH excluding ortho intramolecular Hbond substituents is 1. The van der Waals surface area contributed by atoms with E-state index in [-0.39, 0.29) is 11.7 Å². The molecule has 3 nitrogen and oxygen atoms in total. The largest absolute Gasteiger partial charge is 0.508 e. The molecular formula is C27H30O3. The number of carbonyl (C=O) groups excluding carboxylic acids is 1. The first kappa shape index (κ1) is 21.6. The molecule has 3 heteroatoms. The summed E-state index contributed by atoms with van der Waals surface area (Å²) in [5.41, 5.74) is 3.75. The van der Waals surface area contributed by atoms with Crippen molar-refractivity contribution in [3.05, 3.63) is 83.9 Å². The molecule has 0 aliphatic carbocycles. The van der Waals surface area contributed by atoms with Gasteiger partial charge in [0.2, 0.25) is 0 Å². The third kappa shape index (κ3) is 6.48. The van der Waals surface area contributed by atoms with E-state index in [9.17, 15) is 9.90 Å². The molecule has 30 heavy (non-hydrogen) atoms. The summed E-state index contributed by atoms with van der Waals surface area (Å²) in [7, 11) is 0. The molecule has 0 aromatic heterocycles. The number of benzene rings is 3. The standard InChI is InChI=1S/C27H30O3/c1-2-3-4-5-6-7-8-21-9-19-26(20-10-21)30-27(29)24-13-11-22(12-14-24)23-15-17-25(28)18-16-23/h9-20,28H,2-8H2,1H3. The summed E-state index contributed by atoms with van der Waals surface area (Å²) in [4.78, 5) is 12.4. The molecule has 0 unspecified atom stereocenters. The molecule has 156 valence electrons. The molecule has 3 aromatic rings. The van der Waals surface area contributed by atoms with Crippen molar-refractivity contribution in [1.82, 2.24) is 0 Å². The van der Waals surface area contributed by atoms with Crippen LogP contribution in [-0.4, -0.2) is 11.1 Å². The highest BCUT2D eigenvalue weighted by atomic mass is 16.5. The molecule has 0 radical (unpaired) electrons. The Morgan fingerprint density at radius 3 is 1.93 bits per heavy atom. The number of ether oxygens (including phenoxy) is 1. The van der Waals surface area contributed by atoms with Crippen molar-refractivity contribution in [3.8, 4) is 22.6 Å². The normalized spacial score (nSPS) is 10.7. The lowest BCUT2D eigenvalue weighted by Crippen LogP contribution is -2.08. The first-order valence-corrected chi connectivity index (χ1v) is 10.9. The van der Waals surface area contributed by atoms with Crippen LogP contribution < -0.4 is 4.74 Å². The predicted octanol–water partition coefficient (Wildman–Crippen LogP) is 7.18. The second kappa shape index (κ2) is 11.2. The number of hydrogen-bond donors (Lipinski definition) is 1. The molecule has 0 aliphatic rings. The summed E-state index contributed by atoms with van der Waals surface area (Å²) in [6.45, 7) is 2.24. The Hall–Kier alpha value is -3.07. The minimum absolute atomic E-state index is 0.233. The van der Waals surface area contributed by atoms with Crippen molar-refractivity contribution in [2.75, 3.05) is 0 Å². The maximum absolute atomic E-state index is 12.4. The van der Waals surface area contributed by atoms with Crippen molar-refractivity contribution < 1.29 is 14.6 Å². The second-order valence-corrected chi connectivity index (χ2v) is 7.68. The zero-order valence-corrected chi connectivity index (χ0v) is 17.6. The fourth-order valence-electron chi connectivity index (χ4n) is 3.45. The van der Waals surface area contributed by atoms with Gasteiger partial charge in [0, 0.05) is 0 Å². The summed E-state index contributed by atoms with van der Waals surface area (Å²) < 4.78 is 5.51. The molecule has 0 spiro atoms. The number of aryl methyl sites for hydroxylation is 1. The molecule has 3 aromatic carbocycles. The molecule has 0 aliphatic heterocycles. The van der Waals surface area contributed by atoms with Gasteiger partial charge in [-0.15, -0.1) is 0 Å². The molecule has 0 atom stereocenters. The molecular weight excluding hydrogens is 372 g/mol. The number of hydrogen-bond acceptors (Lipinski definition) is 3. The van der Waals surface area contributed by atoms with Gasteiger partial charge in [0.1, 0.15) is 11.5 Å². The highest BCUT2D eigenvalue weighted by molar-refractivity contribution is 5.91. The van der Waals surface area contributed by atoms with E-state index in [1.54, 1.807) is 24.3 Å². The van der Waals surface area contributed by atoms with Crippen LogP contribution in [0, 0.1) is 0 Å². The molecule has 0 amide bonds. The first-order chi connectivity index (χ1) is 14.7. The average molecular weight is 403 g/mol. The van der Waals surface area contributed by atoms with E-state index in [4.69, 9.17) is 4.74 Å². The van der Waals surface area contributed by atoms with Gasteiger partial charge in [-0.3, -0.25) is 0 Å². The van der Waals surface area contributed by atoms with Crippen LogP contribution in [0.4, 0.5) is 0 Å². The summed E-state index contributed by atoms with van der Waals surface area (Å²) in [5.74, 6) is 0.433. The molecule has 1 N–H and O–H groups in total. The van der Waals surface area contributed by atoms with Crippen molar-refractivity contribution in [2.24, 2.45) is 0 Å². The van der Waals surface area contributed by atoms with Gasteiger partial charge in [0.05, 0.1) is 5.56 Å². The third-order valence-corrected chi connectivity index (χ3v) is 5.27. The lowest BCUT2D eigenvalue weighted by Gasteiger charge is -2.07. The van der Waals surface area contributed by atoms with Crippen LogP contribution in [0.3, 0.4) is 0 Å². The smallest absolute Gasteiger partial charge is 0.343 e. The van der Waals surface area contributed by atoms with E-state index in [1.807, 2.05) is 48.5 Å². The molecule has 0 saturated carbocycles. The van der Waals surface area contributed by atoms with Crippen LogP contribution in [0.1, 0.15) is 61.4 Å². The van der Waals surface area contributed by atoms with Gasteiger partial charge in [-0.2, -0.15) is 0 Å². The number of carbonyl (C=O) groups is 1. The van der Waals surface area contributed by atoms with E-state index < -0.39 is 0 Å². The Labute approximate surface area is 179 Å². The van der Waals surface area contributed by atoms with Gasteiger partial charge in [-0.25, -0.2) is 4.79 Å². The Morgan fingerprint density at radius 1 is 0.733 bits per heavy atom. The van der Waals surface area contributed by atoms with Crippen LogP contribution in [0.5, 0.6) is 11.5 Å². The topological polar surface area (TPSA) is 46.5 Å². The number of unbranched alkanes of at least 4 members (excludes halogenated alkanes) is 5. The van der Waals surface area contributed by atoms with Crippen molar-refractivity contribution >= 4 is 5.97 Å². The molecule has 0 saturated heterocycles. The Bertz CT molecular complexity index is 910. The Balaban J connectivity index is 1.50. The van der Waals surface area contributed by atoms with E-state index in [1.165, 1.54) is 44.1 Å². The SMILES string of the molecule is CCCCCCCCc1ccc(OC(=O)c2ccc(-c3ccc(O)cc3)cc2)cc1. The third-order valence-electron chi connectivity index (χ3n) is 5.27. The van der Waals surface area contributed by atoms with Crippen LogP contribution in [0.2, 0.25) is 0 Å². The van der Waals surface area contributed by atoms with E-state index in [0.29, 0.717) is 11.3 Å². The van der Waals surface area contributed by atoms with Crippen molar-refractivity contribution in [2.45, 2.75) is 51.9 Å². The van der Waals surface area contributed by atoms with Gasteiger partial charge in [-0.05, 0) is 65.9 Å². The maximum Gasteiger partial charge on any atom is 0.343 e. The second-order valence-electron chi connectivity index (χ2n) is 7.68. The average Bonchev–Trinajstić information content (AvgIpc) is 2.78. The first-order valence-electron chi connectivity index (χ1n) is 10.9. The van der Waals surface area contributed by atoms with E-state index in [0.717, 1.165) is 17.5 Å². The number of phenols is 1. The fourth-order valence-corrected chi connectivity index (χ4v) is 3.45. The van der Waals surface area contributed by atoms with Gasteiger partial charge in [0.25, 0.3) is 0 Å². The van der Waals surface area contributed by atoms with Gasteiger partial charge >= 0.3 is 5.97 Å². The quantitative estimate of drug-likeness (QED) is 0.222. The van der Waals surface area contributed by atoms with Crippen molar-refractivity contribution in [3.63, 3.8) is 0 Å². The Morgan fingerprint density at radius 2 is 1.30 bits per heavy atom. The van der Waals surface area contributed by atoms with Crippen LogP contribution in [0.15, 0.2) is 72.8 Å². The number of aromatic hydroxyl groups is 1. The van der Waals surface area contributed by atoms with Gasteiger partial charge in [0.15, 0.2) is 0 Å². The maximum atomic E-state index is 12.4. The summed E-state index contributed by atoms with van der Waals surface area (Å²) >= 11 is 0. The predicted molar refractivity (Wildman–Crippen MR) is 122 cm³/mol. The molecule has 0 fully saturated rings. The lowest BCUT2D eigenvalue weighted by molar-refractivity contribution is 0.0734. The van der Waals surface area contributed by atoms with E-state index >= 15 is 0 Å². The zero-order valence-electron chi connectivity index (χ0n) is 17.6. The van der Waals surface area contributed by atoms with Crippen LogP contribution >= 0.6 is 0 Å². The lowest BCUT2D eigenvalue weighted by atomic mass is 10.0. The Kier molecular flexibility index (Phi) is 8.08. The summed E-state index contributed by atoms with van der Waals surface area (Å²) in [6, 6.07) is 22.1. The monoisotopic (exact) mass is 402 g/mol. The van der Waals surface area contributed by atoms with Crippen LogP contribution in [0.25, 0.3) is 11.1 Å². The molecule has 3 rings (SSSR count). The molecule has 0 bridgehead atoms. The van der Waals surface area contributed by atoms with Crippen LogP contribution in [-0.2, 0) is 6.42 Å². The zero-order chi connectivity index (χ0) is 21.2. The number of rotatable bonds is 10. The minimum Gasteiger partial charge on any atom is -0.508 e. The van der Waals surface area contributed by atoms with E-state index in [2.05, 4.69) is 6.92 Å². The minimum atomic E-state index is -0.365. The summed E-state index contributed by atoms with van der Waals surface area (Å²) in [5, 5.41) is 9.40.